The van der Waals surface area contributed by atoms with Crippen molar-refractivity contribution in [2.45, 2.75) is 19.4 Å². The van der Waals surface area contributed by atoms with Gasteiger partial charge in [0, 0.05) is 31.5 Å². The maximum Gasteiger partial charge on any atom is 0.271 e. The maximum atomic E-state index is 12.1. The Balaban J connectivity index is 1.60. The van der Waals surface area contributed by atoms with Crippen molar-refractivity contribution in [3.8, 4) is 0 Å². The van der Waals surface area contributed by atoms with E-state index >= 15 is 0 Å². The Bertz CT molecular complexity index is 614. The summed E-state index contributed by atoms with van der Waals surface area (Å²) in [6, 6.07) is 5.96. The molecule has 1 aliphatic heterocycles. The number of nitrogens with zero attached hydrogens (tertiary/aromatic N) is 4. The predicted molar refractivity (Wildman–Crippen MR) is 79.1 cm³/mol. The summed E-state index contributed by atoms with van der Waals surface area (Å²) in [4.78, 5) is 26.8. The molecule has 0 radical (unpaired) electrons. The summed E-state index contributed by atoms with van der Waals surface area (Å²) in [5.41, 5.74) is 1.16. The Morgan fingerprint density at radius 2 is 2.19 bits per heavy atom. The van der Waals surface area contributed by atoms with Crippen molar-refractivity contribution in [2.75, 3.05) is 18.0 Å². The molecule has 0 saturated carbocycles. The maximum absolute atomic E-state index is 12.1. The van der Waals surface area contributed by atoms with Crippen LogP contribution in [-0.4, -0.2) is 40.0 Å². The fourth-order valence-corrected chi connectivity index (χ4v) is 2.40. The molecule has 1 fully saturated rings. The van der Waals surface area contributed by atoms with Crippen LogP contribution in [0.1, 0.15) is 22.6 Å². The van der Waals surface area contributed by atoms with Crippen LogP contribution in [0.5, 0.6) is 0 Å². The molecule has 108 valence electrons. The molecule has 2 aromatic rings. The lowest BCUT2D eigenvalue weighted by atomic mass is 10.2. The van der Waals surface area contributed by atoms with E-state index in [2.05, 4.69) is 25.2 Å². The predicted octanol–water partition coefficient (Wildman–Crippen LogP) is 1.19. The van der Waals surface area contributed by atoms with Gasteiger partial charge in [-0.05, 0) is 25.5 Å². The summed E-state index contributed by atoms with van der Waals surface area (Å²) in [6.45, 7) is 3.50. The zero-order chi connectivity index (χ0) is 14.7. The molecule has 3 rings (SSSR count). The fourth-order valence-electron chi connectivity index (χ4n) is 2.40. The normalized spacial score (nSPS) is 17.8. The van der Waals surface area contributed by atoms with Gasteiger partial charge in [-0.3, -0.25) is 9.78 Å². The number of hydrogen-bond acceptors (Lipinski definition) is 5. The average Bonchev–Trinajstić information content (AvgIpc) is 2.97. The highest BCUT2D eigenvalue weighted by molar-refractivity contribution is 5.92. The minimum absolute atomic E-state index is 0.114. The molecule has 2 aromatic heterocycles. The summed E-state index contributed by atoms with van der Waals surface area (Å²) in [6.07, 6.45) is 5.80. The fraction of sp³-hybridized carbons (Fsp3) is 0.333. The molecular formula is C15H17N5O. The average molecular weight is 283 g/mol. The van der Waals surface area contributed by atoms with Crippen molar-refractivity contribution in [1.82, 2.24) is 20.3 Å². The van der Waals surface area contributed by atoms with Crippen LogP contribution in [0.25, 0.3) is 0 Å². The topological polar surface area (TPSA) is 71.0 Å². The number of aryl methyl sites for hydroxylation is 1. The number of amides is 1. The summed E-state index contributed by atoms with van der Waals surface area (Å²) in [7, 11) is 0. The standard InChI is InChI=1S/C15H17N5O/c1-11-8-18-13(9-17-11)15(21)19-12-5-7-20(10-12)14-4-2-3-6-16-14/h2-4,6,8-9,12H,5,7,10H2,1H3,(H,19,21)/t12-/m0/s1. The van der Waals surface area contributed by atoms with Crippen molar-refractivity contribution in [1.29, 1.82) is 0 Å². The van der Waals surface area contributed by atoms with Gasteiger partial charge >= 0.3 is 0 Å². The van der Waals surface area contributed by atoms with Gasteiger partial charge in [-0.1, -0.05) is 6.07 Å². The highest BCUT2D eigenvalue weighted by Gasteiger charge is 2.25. The molecule has 1 saturated heterocycles. The third kappa shape index (κ3) is 3.16. The first-order valence-electron chi connectivity index (χ1n) is 6.98. The van der Waals surface area contributed by atoms with Crippen LogP contribution in [0, 0.1) is 6.92 Å². The first-order valence-corrected chi connectivity index (χ1v) is 6.98. The first kappa shape index (κ1) is 13.5. The van der Waals surface area contributed by atoms with Crippen LogP contribution in [0.4, 0.5) is 5.82 Å². The molecule has 0 bridgehead atoms. The SMILES string of the molecule is Cc1cnc(C(=O)N[C@H]2CCN(c3ccccn3)C2)cn1. The minimum Gasteiger partial charge on any atom is -0.354 e. The third-order valence-electron chi connectivity index (χ3n) is 3.51. The monoisotopic (exact) mass is 283 g/mol. The number of carbonyl (C=O) groups excluding carboxylic acids is 1. The van der Waals surface area contributed by atoms with Gasteiger partial charge in [-0.15, -0.1) is 0 Å². The molecule has 0 spiro atoms. The van der Waals surface area contributed by atoms with E-state index in [9.17, 15) is 4.79 Å². The lowest BCUT2D eigenvalue weighted by Crippen LogP contribution is -2.37. The summed E-state index contributed by atoms with van der Waals surface area (Å²) < 4.78 is 0. The molecule has 6 nitrogen and oxygen atoms in total. The van der Waals surface area contributed by atoms with E-state index in [1.54, 1.807) is 12.4 Å². The van der Waals surface area contributed by atoms with Gasteiger partial charge in [0.15, 0.2) is 0 Å². The summed E-state index contributed by atoms with van der Waals surface area (Å²) in [5.74, 6) is 0.778. The van der Waals surface area contributed by atoms with Crippen molar-refractivity contribution in [2.24, 2.45) is 0 Å². The van der Waals surface area contributed by atoms with E-state index in [1.807, 2.05) is 25.1 Å². The van der Waals surface area contributed by atoms with Gasteiger partial charge in [0.25, 0.3) is 5.91 Å². The lowest BCUT2D eigenvalue weighted by Gasteiger charge is -2.17. The van der Waals surface area contributed by atoms with Gasteiger partial charge in [0.05, 0.1) is 11.9 Å². The highest BCUT2D eigenvalue weighted by atomic mass is 16.2. The van der Waals surface area contributed by atoms with Crippen LogP contribution in [-0.2, 0) is 0 Å². The Morgan fingerprint density at radius 1 is 1.29 bits per heavy atom. The van der Waals surface area contributed by atoms with E-state index in [1.165, 1.54) is 6.20 Å². The van der Waals surface area contributed by atoms with Crippen LogP contribution < -0.4 is 10.2 Å². The van der Waals surface area contributed by atoms with Crippen LogP contribution in [0.15, 0.2) is 36.8 Å². The Hall–Kier alpha value is -2.50. The number of pyridine rings is 1. The molecule has 1 N–H and O–H groups in total. The number of anilines is 1. The molecule has 1 aliphatic rings. The quantitative estimate of drug-likeness (QED) is 0.916. The number of carbonyl (C=O) groups is 1. The van der Waals surface area contributed by atoms with Crippen molar-refractivity contribution in [3.05, 3.63) is 48.2 Å². The molecule has 3 heterocycles. The Morgan fingerprint density at radius 3 is 2.90 bits per heavy atom. The van der Waals surface area contributed by atoms with Gasteiger partial charge in [0.1, 0.15) is 11.5 Å². The number of rotatable bonds is 3. The number of nitrogens with one attached hydrogen (secondary N) is 1. The largest absolute Gasteiger partial charge is 0.354 e. The lowest BCUT2D eigenvalue weighted by molar-refractivity contribution is 0.0935. The van der Waals surface area contributed by atoms with E-state index < -0.39 is 0 Å². The molecule has 1 amide bonds. The molecule has 0 unspecified atom stereocenters. The van der Waals surface area contributed by atoms with Gasteiger partial charge in [0.2, 0.25) is 0 Å². The van der Waals surface area contributed by atoms with Crippen LogP contribution in [0.3, 0.4) is 0 Å². The van der Waals surface area contributed by atoms with E-state index in [-0.39, 0.29) is 11.9 Å². The molecule has 6 heteroatoms. The third-order valence-corrected chi connectivity index (χ3v) is 3.51. The smallest absolute Gasteiger partial charge is 0.271 e. The molecule has 0 aromatic carbocycles. The van der Waals surface area contributed by atoms with E-state index in [0.29, 0.717) is 5.69 Å². The zero-order valence-electron chi connectivity index (χ0n) is 11.9. The number of aromatic nitrogens is 3. The van der Waals surface area contributed by atoms with Crippen molar-refractivity contribution >= 4 is 11.7 Å². The second-order valence-corrected chi connectivity index (χ2v) is 5.14. The van der Waals surface area contributed by atoms with Crippen molar-refractivity contribution in [3.63, 3.8) is 0 Å². The summed E-state index contributed by atoms with van der Waals surface area (Å²) in [5, 5.41) is 3.00. The van der Waals surface area contributed by atoms with Crippen LogP contribution >= 0.6 is 0 Å². The second-order valence-electron chi connectivity index (χ2n) is 5.14. The Kier molecular flexibility index (Phi) is 3.77. The van der Waals surface area contributed by atoms with E-state index in [4.69, 9.17) is 0 Å². The van der Waals surface area contributed by atoms with Crippen LogP contribution in [0.2, 0.25) is 0 Å². The Labute approximate surface area is 123 Å². The number of hydrogen-bond donors (Lipinski definition) is 1. The minimum atomic E-state index is -0.171. The van der Waals surface area contributed by atoms with E-state index in [0.717, 1.165) is 31.0 Å². The zero-order valence-corrected chi connectivity index (χ0v) is 11.9. The first-order chi connectivity index (χ1) is 10.2. The molecule has 21 heavy (non-hydrogen) atoms. The van der Waals surface area contributed by atoms with Gasteiger partial charge in [-0.2, -0.15) is 0 Å². The summed E-state index contributed by atoms with van der Waals surface area (Å²) >= 11 is 0. The molecule has 1 atom stereocenters. The van der Waals surface area contributed by atoms with Crippen molar-refractivity contribution < 1.29 is 4.79 Å². The molecule has 0 aliphatic carbocycles. The molecular weight excluding hydrogens is 266 g/mol. The van der Waals surface area contributed by atoms with Gasteiger partial charge in [-0.25, -0.2) is 9.97 Å². The highest BCUT2D eigenvalue weighted by Crippen LogP contribution is 2.17. The second kappa shape index (κ2) is 5.87. The van der Waals surface area contributed by atoms with Gasteiger partial charge < -0.3 is 10.2 Å².